The number of carbonyl (C=O) groups excluding carboxylic acids is 1. The van der Waals surface area contributed by atoms with Crippen molar-refractivity contribution in [1.82, 2.24) is 9.62 Å². The van der Waals surface area contributed by atoms with Crippen LogP contribution in [0.15, 0.2) is 0 Å². The van der Waals surface area contributed by atoms with Crippen molar-refractivity contribution in [2.75, 3.05) is 26.2 Å². The van der Waals surface area contributed by atoms with Crippen LogP contribution in [0.3, 0.4) is 0 Å². The smallest absolute Gasteiger partial charge is 0.223 e. The summed E-state index contributed by atoms with van der Waals surface area (Å²) in [6.07, 6.45) is 2.03. The lowest BCUT2D eigenvalue weighted by Crippen LogP contribution is -2.38. The Morgan fingerprint density at radius 1 is 1.50 bits per heavy atom. The number of hydrogen-bond donors (Lipinski definition) is 2. The lowest BCUT2D eigenvalue weighted by Gasteiger charge is -2.27. The quantitative estimate of drug-likeness (QED) is 0.563. The van der Waals surface area contributed by atoms with Crippen molar-refractivity contribution in [1.29, 1.82) is 0 Å². The van der Waals surface area contributed by atoms with Gasteiger partial charge in [-0.25, -0.2) is 0 Å². The van der Waals surface area contributed by atoms with Crippen LogP contribution in [0, 0.1) is 5.92 Å². The predicted octanol–water partition coefficient (Wildman–Crippen LogP) is 1.08. The van der Waals surface area contributed by atoms with Crippen molar-refractivity contribution in [3.8, 4) is 0 Å². The van der Waals surface area contributed by atoms with E-state index in [4.69, 9.17) is 4.74 Å². The maximum Gasteiger partial charge on any atom is 0.223 e. The molecule has 4 nitrogen and oxygen atoms in total. The summed E-state index contributed by atoms with van der Waals surface area (Å²) < 4.78 is 7.33. The molecular formula is C11H22N2O2S. The molecule has 5 heteroatoms. The summed E-state index contributed by atoms with van der Waals surface area (Å²) in [4.78, 5) is 11.7. The van der Waals surface area contributed by atoms with E-state index in [1.165, 1.54) is 0 Å². The molecule has 1 fully saturated rings. The number of nitrogens with one attached hydrogen (secondary N) is 1. The Morgan fingerprint density at radius 3 is 2.69 bits per heavy atom. The fraction of sp³-hybridized carbons (Fsp3) is 0.909. The summed E-state index contributed by atoms with van der Waals surface area (Å²) in [6.45, 7) is 6.97. The first kappa shape index (κ1) is 13.8. The molecule has 1 saturated heterocycles. The fourth-order valence-corrected chi connectivity index (χ4v) is 1.97. The molecular weight excluding hydrogens is 224 g/mol. The molecule has 0 unspecified atom stereocenters. The summed E-state index contributed by atoms with van der Waals surface area (Å²) in [5.74, 6) is 0.316. The largest absolute Gasteiger partial charge is 0.377 e. The van der Waals surface area contributed by atoms with E-state index >= 15 is 0 Å². The number of amides is 1. The Labute approximate surface area is 103 Å². The van der Waals surface area contributed by atoms with Crippen LogP contribution in [0.4, 0.5) is 0 Å². The zero-order valence-corrected chi connectivity index (χ0v) is 11.0. The van der Waals surface area contributed by atoms with Crippen molar-refractivity contribution >= 4 is 18.7 Å². The molecule has 0 spiro atoms. The van der Waals surface area contributed by atoms with E-state index in [1.807, 2.05) is 18.2 Å². The van der Waals surface area contributed by atoms with Crippen LogP contribution in [-0.4, -0.2) is 42.6 Å². The van der Waals surface area contributed by atoms with Gasteiger partial charge in [0.2, 0.25) is 5.91 Å². The van der Waals surface area contributed by atoms with Gasteiger partial charge < -0.3 is 10.1 Å². The Balaban J connectivity index is 2.10. The summed E-state index contributed by atoms with van der Waals surface area (Å²) in [5.41, 5.74) is 0. The molecule has 0 aromatic carbocycles. The van der Waals surface area contributed by atoms with Gasteiger partial charge in [-0.15, -0.1) is 0 Å². The van der Waals surface area contributed by atoms with Gasteiger partial charge in [0.1, 0.15) is 0 Å². The van der Waals surface area contributed by atoms with Gasteiger partial charge in [-0.1, -0.05) is 12.8 Å². The van der Waals surface area contributed by atoms with Gasteiger partial charge in [0.15, 0.2) is 0 Å². The van der Waals surface area contributed by atoms with Crippen molar-refractivity contribution in [3.05, 3.63) is 0 Å². The van der Waals surface area contributed by atoms with E-state index in [1.54, 1.807) is 0 Å². The Kier molecular flexibility index (Phi) is 6.16. The van der Waals surface area contributed by atoms with Gasteiger partial charge >= 0.3 is 0 Å². The van der Waals surface area contributed by atoms with Crippen LogP contribution in [0.2, 0.25) is 0 Å². The van der Waals surface area contributed by atoms with Crippen molar-refractivity contribution < 1.29 is 9.53 Å². The van der Waals surface area contributed by atoms with Crippen molar-refractivity contribution in [3.63, 3.8) is 0 Å². The normalized spacial score (nSPS) is 19.0. The van der Waals surface area contributed by atoms with Gasteiger partial charge in [-0.2, -0.15) is 0 Å². The summed E-state index contributed by atoms with van der Waals surface area (Å²) >= 11 is 4.26. The van der Waals surface area contributed by atoms with E-state index < -0.39 is 0 Å². The Bertz CT molecular complexity index is 216. The highest BCUT2D eigenvalue weighted by atomic mass is 32.1. The van der Waals surface area contributed by atoms with Gasteiger partial charge in [0.05, 0.1) is 12.7 Å². The zero-order chi connectivity index (χ0) is 12.0. The first-order valence-electron chi connectivity index (χ1n) is 5.92. The number of nitrogens with zero attached hydrogens (tertiary/aromatic N) is 1. The number of hydrogen-bond acceptors (Lipinski definition) is 4. The topological polar surface area (TPSA) is 41.6 Å². The highest BCUT2D eigenvalue weighted by molar-refractivity contribution is 7.77. The first-order valence-corrected chi connectivity index (χ1v) is 6.32. The van der Waals surface area contributed by atoms with Crippen LogP contribution < -0.4 is 5.32 Å². The second-order valence-corrected chi connectivity index (χ2v) is 5.00. The number of ether oxygens (including phenoxy) is 1. The molecule has 0 radical (unpaired) electrons. The number of thiol groups is 1. The fourth-order valence-electron chi connectivity index (χ4n) is 1.74. The maximum absolute atomic E-state index is 11.7. The second kappa shape index (κ2) is 7.14. The highest BCUT2D eigenvalue weighted by Gasteiger charge is 2.23. The van der Waals surface area contributed by atoms with Gasteiger partial charge in [-0.05, 0) is 26.7 Å². The van der Waals surface area contributed by atoms with Crippen molar-refractivity contribution in [2.24, 2.45) is 5.92 Å². The molecule has 0 atom stereocenters. The molecule has 0 aromatic heterocycles. The third-order valence-corrected chi connectivity index (χ3v) is 3.09. The predicted molar refractivity (Wildman–Crippen MR) is 67.4 cm³/mol. The van der Waals surface area contributed by atoms with E-state index in [0.29, 0.717) is 13.2 Å². The molecule has 0 bridgehead atoms. The molecule has 94 valence electrons. The minimum absolute atomic E-state index is 0.155. The molecule has 16 heavy (non-hydrogen) atoms. The molecule has 1 aliphatic rings. The number of rotatable bonds is 5. The summed E-state index contributed by atoms with van der Waals surface area (Å²) in [7, 11) is 0. The number of carbonyl (C=O) groups is 1. The average Bonchev–Trinajstić information content (AvgIpc) is 2.25. The Morgan fingerprint density at radius 2 is 2.12 bits per heavy atom. The minimum atomic E-state index is 0.155. The summed E-state index contributed by atoms with van der Waals surface area (Å²) in [6, 6.07) is 0. The zero-order valence-electron chi connectivity index (χ0n) is 10.1. The second-order valence-electron chi connectivity index (χ2n) is 4.44. The first-order chi connectivity index (χ1) is 7.59. The van der Waals surface area contributed by atoms with Gasteiger partial charge in [-0.3, -0.25) is 9.10 Å². The lowest BCUT2D eigenvalue weighted by molar-refractivity contribution is -0.126. The molecule has 0 aliphatic carbocycles. The van der Waals surface area contributed by atoms with Crippen LogP contribution >= 0.6 is 12.8 Å². The van der Waals surface area contributed by atoms with Gasteiger partial charge in [0.25, 0.3) is 0 Å². The van der Waals surface area contributed by atoms with Crippen LogP contribution in [0.1, 0.15) is 26.7 Å². The highest BCUT2D eigenvalue weighted by Crippen LogP contribution is 2.17. The van der Waals surface area contributed by atoms with E-state index in [0.717, 1.165) is 25.9 Å². The molecule has 1 aliphatic heterocycles. The molecule has 1 amide bonds. The average molecular weight is 246 g/mol. The SMILES string of the molecule is CC(C)OCCNC(=O)C1CCN(S)CC1. The molecule has 0 aromatic rings. The monoisotopic (exact) mass is 246 g/mol. The maximum atomic E-state index is 11.7. The van der Waals surface area contributed by atoms with E-state index in [-0.39, 0.29) is 17.9 Å². The summed E-state index contributed by atoms with van der Waals surface area (Å²) in [5, 5.41) is 2.92. The van der Waals surface area contributed by atoms with E-state index in [2.05, 4.69) is 18.1 Å². The van der Waals surface area contributed by atoms with E-state index in [9.17, 15) is 4.79 Å². The van der Waals surface area contributed by atoms with Gasteiger partial charge in [0, 0.05) is 25.6 Å². The van der Waals surface area contributed by atoms with Crippen LogP contribution in [-0.2, 0) is 9.53 Å². The molecule has 1 N–H and O–H groups in total. The van der Waals surface area contributed by atoms with Crippen LogP contribution in [0.25, 0.3) is 0 Å². The van der Waals surface area contributed by atoms with Crippen LogP contribution in [0.5, 0.6) is 0 Å². The molecule has 1 rings (SSSR count). The Hall–Kier alpha value is -0.260. The third kappa shape index (κ3) is 5.18. The standard InChI is InChI=1S/C11H22N2O2S/c1-9(2)15-8-5-12-11(14)10-3-6-13(16)7-4-10/h9-10,16H,3-8H2,1-2H3,(H,12,14). The van der Waals surface area contributed by atoms with Crippen molar-refractivity contribution in [2.45, 2.75) is 32.8 Å². The third-order valence-electron chi connectivity index (χ3n) is 2.69. The molecule has 0 saturated carbocycles. The lowest BCUT2D eigenvalue weighted by atomic mass is 9.97. The minimum Gasteiger partial charge on any atom is -0.377 e. The number of piperidine rings is 1. The molecule has 1 heterocycles.